The zero-order valence-corrected chi connectivity index (χ0v) is 10.8. The summed E-state index contributed by atoms with van der Waals surface area (Å²) in [4.78, 5) is 0. The summed E-state index contributed by atoms with van der Waals surface area (Å²) in [6.07, 6.45) is 5.78. The molecule has 0 bridgehead atoms. The summed E-state index contributed by atoms with van der Waals surface area (Å²) in [5, 5.41) is 2.64. The molecule has 0 saturated carbocycles. The van der Waals surface area contributed by atoms with Gasteiger partial charge in [0, 0.05) is 5.56 Å². The Hall–Kier alpha value is -1.76. The predicted molar refractivity (Wildman–Crippen MR) is 77.3 cm³/mol. The molecule has 0 radical (unpaired) electrons. The van der Waals surface area contributed by atoms with Gasteiger partial charge in [0.2, 0.25) is 0 Å². The van der Waals surface area contributed by atoms with Gasteiger partial charge in [0.1, 0.15) is 5.76 Å². The molecule has 2 aromatic carbocycles. The summed E-state index contributed by atoms with van der Waals surface area (Å²) < 4.78 is 5.94. The molecule has 0 N–H and O–H groups in total. The largest absolute Gasteiger partial charge is 0.493 e. The Morgan fingerprint density at radius 3 is 2.67 bits per heavy atom. The van der Waals surface area contributed by atoms with Crippen molar-refractivity contribution in [3.8, 4) is 0 Å². The van der Waals surface area contributed by atoms with Gasteiger partial charge in [-0.1, -0.05) is 56.2 Å². The Balaban J connectivity index is 1.86. The lowest BCUT2D eigenvalue weighted by Crippen LogP contribution is -1.93. The Bertz CT molecular complexity index is 590. The van der Waals surface area contributed by atoms with Crippen LogP contribution in [0.4, 0.5) is 0 Å². The number of rotatable bonds is 5. The standard InChI is InChI=1S/C17H18O/c1-2-3-4-11-18-16-12-14-9-5-7-13-8-6-10-15(16)17(13)14/h5-10,12H,2-4,11H2,1H3. The highest BCUT2D eigenvalue weighted by Crippen LogP contribution is 2.36. The van der Waals surface area contributed by atoms with Crippen molar-refractivity contribution in [2.45, 2.75) is 26.2 Å². The van der Waals surface area contributed by atoms with E-state index in [-0.39, 0.29) is 0 Å². The summed E-state index contributed by atoms with van der Waals surface area (Å²) in [6.45, 7) is 3.04. The highest BCUT2D eigenvalue weighted by Gasteiger charge is 2.16. The Kier molecular flexibility index (Phi) is 3.06. The number of unbranched alkanes of at least 4 members (excludes halogenated alkanes) is 2. The van der Waals surface area contributed by atoms with E-state index in [1.54, 1.807) is 0 Å². The number of hydrogen-bond donors (Lipinski definition) is 0. The van der Waals surface area contributed by atoms with Crippen molar-refractivity contribution in [3.05, 3.63) is 47.5 Å². The second-order valence-electron chi connectivity index (χ2n) is 4.82. The minimum absolute atomic E-state index is 0.823. The number of hydrogen-bond acceptors (Lipinski definition) is 1. The van der Waals surface area contributed by atoms with Crippen LogP contribution in [-0.2, 0) is 4.74 Å². The lowest BCUT2D eigenvalue weighted by atomic mass is 10.0. The van der Waals surface area contributed by atoms with E-state index in [0.717, 1.165) is 18.8 Å². The maximum Gasteiger partial charge on any atom is 0.127 e. The molecule has 0 heterocycles. The van der Waals surface area contributed by atoms with Gasteiger partial charge in [0.15, 0.2) is 0 Å². The Morgan fingerprint density at radius 2 is 1.83 bits per heavy atom. The quantitative estimate of drug-likeness (QED) is 0.676. The maximum atomic E-state index is 5.94. The van der Waals surface area contributed by atoms with Crippen molar-refractivity contribution in [2.75, 3.05) is 6.61 Å². The first-order valence-corrected chi connectivity index (χ1v) is 6.77. The average Bonchev–Trinajstić information content (AvgIpc) is 2.76. The summed E-state index contributed by atoms with van der Waals surface area (Å²) in [5.74, 6) is 1.04. The van der Waals surface area contributed by atoms with Gasteiger partial charge >= 0.3 is 0 Å². The van der Waals surface area contributed by atoms with E-state index < -0.39 is 0 Å². The maximum absolute atomic E-state index is 5.94. The van der Waals surface area contributed by atoms with E-state index in [9.17, 15) is 0 Å². The summed E-state index contributed by atoms with van der Waals surface area (Å²) >= 11 is 0. The molecule has 0 fully saturated rings. The molecule has 18 heavy (non-hydrogen) atoms. The van der Waals surface area contributed by atoms with E-state index in [0.29, 0.717) is 0 Å². The molecule has 0 spiro atoms. The smallest absolute Gasteiger partial charge is 0.127 e. The van der Waals surface area contributed by atoms with E-state index in [2.05, 4.69) is 49.4 Å². The molecule has 0 atom stereocenters. The molecule has 1 heteroatoms. The topological polar surface area (TPSA) is 9.23 Å². The third kappa shape index (κ3) is 1.90. The normalized spacial score (nSPS) is 12.8. The summed E-state index contributed by atoms with van der Waals surface area (Å²) in [6, 6.07) is 12.9. The van der Waals surface area contributed by atoms with Crippen LogP contribution in [0.15, 0.2) is 36.4 Å². The fourth-order valence-corrected chi connectivity index (χ4v) is 2.57. The highest BCUT2D eigenvalue weighted by molar-refractivity contribution is 6.07. The van der Waals surface area contributed by atoms with Crippen LogP contribution in [0.3, 0.4) is 0 Å². The van der Waals surface area contributed by atoms with E-state index in [1.807, 2.05) is 0 Å². The molecule has 3 rings (SSSR count). The van der Waals surface area contributed by atoms with Crippen molar-refractivity contribution in [1.29, 1.82) is 0 Å². The SMILES string of the molecule is CCCCCOC1=Cc2cccc3cccc1c23. The van der Waals surface area contributed by atoms with Crippen LogP contribution in [-0.4, -0.2) is 6.61 Å². The molecule has 0 amide bonds. The predicted octanol–water partition coefficient (Wildman–Crippen LogP) is 4.86. The second kappa shape index (κ2) is 4.85. The van der Waals surface area contributed by atoms with Crippen molar-refractivity contribution < 1.29 is 4.74 Å². The van der Waals surface area contributed by atoms with Crippen LogP contribution in [0.5, 0.6) is 0 Å². The van der Waals surface area contributed by atoms with Crippen LogP contribution >= 0.6 is 0 Å². The molecule has 0 saturated heterocycles. The third-order valence-electron chi connectivity index (χ3n) is 3.49. The Labute approximate surface area is 108 Å². The van der Waals surface area contributed by atoms with Crippen LogP contribution in [0.1, 0.15) is 37.3 Å². The number of ether oxygens (including phenoxy) is 1. The van der Waals surface area contributed by atoms with Crippen molar-refractivity contribution in [1.82, 2.24) is 0 Å². The average molecular weight is 238 g/mol. The first-order valence-electron chi connectivity index (χ1n) is 6.77. The summed E-state index contributed by atoms with van der Waals surface area (Å²) in [7, 11) is 0. The molecular formula is C17H18O. The first kappa shape index (κ1) is 11.3. The molecule has 0 unspecified atom stereocenters. The van der Waals surface area contributed by atoms with Crippen LogP contribution in [0.25, 0.3) is 22.6 Å². The van der Waals surface area contributed by atoms with Gasteiger partial charge in [-0.25, -0.2) is 0 Å². The zero-order valence-electron chi connectivity index (χ0n) is 10.8. The molecule has 0 aromatic heterocycles. The lowest BCUT2D eigenvalue weighted by Gasteiger charge is -2.08. The minimum atomic E-state index is 0.823. The second-order valence-corrected chi connectivity index (χ2v) is 4.82. The molecular weight excluding hydrogens is 220 g/mol. The molecule has 1 aliphatic carbocycles. The molecule has 1 nitrogen and oxygen atoms in total. The van der Waals surface area contributed by atoms with Crippen molar-refractivity contribution in [2.24, 2.45) is 0 Å². The van der Waals surface area contributed by atoms with E-state index in [1.165, 1.54) is 34.7 Å². The minimum Gasteiger partial charge on any atom is -0.493 e. The van der Waals surface area contributed by atoms with Gasteiger partial charge in [0.05, 0.1) is 6.61 Å². The van der Waals surface area contributed by atoms with Gasteiger partial charge in [-0.3, -0.25) is 0 Å². The Morgan fingerprint density at radius 1 is 1.00 bits per heavy atom. The molecule has 2 aromatic rings. The van der Waals surface area contributed by atoms with Gasteiger partial charge in [-0.2, -0.15) is 0 Å². The zero-order chi connectivity index (χ0) is 12.4. The van der Waals surface area contributed by atoms with E-state index >= 15 is 0 Å². The highest BCUT2D eigenvalue weighted by atomic mass is 16.5. The molecule has 92 valence electrons. The van der Waals surface area contributed by atoms with Crippen LogP contribution < -0.4 is 0 Å². The molecule has 0 aliphatic heterocycles. The first-order chi connectivity index (χ1) is 8.90. The van der Waals surface area contributed by atoms with Gasteiger partial charge in [-0.15, -0.1) is 0 Å². The van der Waals surface area contributed by atoms with Gasteiger partial charge in [0.25, 0.3) is 0 Å². The van der Waals surface area contributed by atoms with Crippen molar-refractivity contribution in [3.63, 3.8) is 0 Å². The third-order valence-corrected chi connectivity index (χ3v) is 3.49. The van der Waals surface area contributed by atoms with E-state index in [4.69, 9.17) is 4.74 Å². The monoisotopic (exact) mass is 238 g/mol. The van der Waals surface area contributed by atoms with Gasteiger partial charge in [-0.05, 0) is 28.8 Å². The molecule has 1 aliphatic rings. The summed E-state index contributed by atoms with van der Waals surface area (Å²) in [5.41, 5.74) is 2.54. The lowest BCUT2D eigenvalue weighted by molar-refractivity contribution is 0.270. The van der Waals surface area contributed by atoms with Crippen LogP contribution in [0.2, 0.25) is 0 Å². The van der Waals surface area contributed by atoms with Crippen LogP contribution in [0, 0.1) is 0 Å². The van der Waals surface area contributed by atoms with Crippen molar-refractivity contribution >= 4 is 22.6 Å². The van der Waals surface area contributed by atoms with Gasteiger partial charge < -0.3 is 4.74 Å². The fraction of sp³-hybridized carbons (Fsp3) is 0.294. The number of benzene rings is 2. The fourth-order valence-electron chi connectivity index (χ4n) is 2.57.